The molecule has 0 bridgehead atoms. The van der Waals surface area contributed by atoms with Crippen LogP contribution in [-0.4, -0.2) is 41.2 Å². The number of nitrogens with zero attached hydrogens (tertiary/aromatic N) is 3. The first kappa shape index (κ1) is 16.0. The molecule has 3 atom stereocenters. The first-order valence-corrected chi connectivity index (χ1v) is 8.36. The van der Waals surface area contributed by atoms with Gasteiger partial charge in [0, 0.05) is 13.2 Å². The average Bonchev–Trinajstić information content (AvgIpc) is 3.31. The van der Waals surface area contributed by atoms with Gasteiger partial charge in [-0.1, -0.05) is 0 Å². The fourth-order valence-corrected chi connectivity index (χ4v) is 3.55. The lowest BCUT2D eigenvalue weighted by Crippen LogP contribution is -2.53. The Morgan fingerprint density at radius 1 is 1.40 bits per heavy atom. The molecule has 2 aliphatic rings. The molecule has 0 aromatic carbocycles. The van der Waals surface area contributed by atoms with Gasteiger partial charge in [-0.2, -0.15) is 0 Å². The van der Waals surface area contributed by atoms with Crippen LogP contribution in [0.2, 0.25) is 0 Å². The number of carbonyl (C=O) groups excluding carboxylic acids is 1. The van der Waals surface area contributed by atoms with Gasteiger partial charge in [-0.3, -0.25) is 4.79 Å². The Morgan fingerprint density at radius 2 is 2.24 bits per heavy atom. The van der Waals surface area contributed by atoms with E-state index in [0.717, 1.165) is 18.8 Å². The SMILES string of the molecule is O=C(NCc1ccco1)[C@@H]1C[C@H]2OCC[C@H]2N(c2ncc(F)cn2)C1. The zero-order chi connectivity index (χ0) is 17.2. The molecule has 0 aliphatic carbocycles. The molecule has 1 N–H and O–H groups in total. The van der Waals surface area contributed by atoms with E-state index in [0.29, 0.717) is 37.8 Å². The quantitative estimate of drug-likeness (QED) is 0.904. The summed E-state index contributed by atoms with van der Waals surface area (Å²) in [5.41, 5.74) is 0. The van der Waals surface area contributed by atoms with Crippen LogP contribution in [0, 0.1) is 11.7 Å². The van der Waals surface area contributed by atoms with Crippen molar-refractivity contribution in [3.05, 3.63) is 42.4 Å². The second kappa shape index (κ2) is 6.79. The highest BCUT2D eigenvalue weighted by Gasteiger charge is 2.43. The smallest absolute Gasteiger partial charge is 0.225 e. The summed E-state index contributed by atoms with van der Waals surface area (Å²) >= 11 is 0. The number of piperidine rings is 1. The summed E-state index contributed by atoms with van der Waals surface area (Å²) < 4.78 is 24.2. The summed E-state index contributed by atoms with van der Waals surface area (Å²) in [6.45, 7) is 1.48. The second-order valence-corrected chi connectivity index (χ2v) is 6.35. The maximum Gasteiger partial charge on any atom is 0.225 e. The number of hydrogen-bond acceptors (Lipinski definition) is 6. The van der Waals surface area contributed by atoms with Crippen LogP contribution in [0.4, 0.5) is 10.3 Å². The molecular formula is C17H19FN4O3. The summed E-state index contributed by atoms with van der Waals surface area (Å²) in [5.74, 6) is 0.358. The highest BCUT2D eigenvalue weighted by Crippen LogP contribution is 2.33. The molecule has 0 spiro atoms. The van der Waals surface area contributed by atoms with Gasteiger partial charge in [-0.25, -0.2) is 14.4 Å². The molecule has 2 aliphatic heterocycles. The van der Waals surface area contributed by atoms with Gasteiger partial charge in [-0.15, -0.1) is 0 Å². The molecule has 1 amide bonds. The fourth-order valence-electron chi connectivity index (χ4n) is 3.55. The lowest BCUT2D eigenvalue weighted by atomic mass is 9.89. The molecule has 2 saturated heterocycles. The molecule has 2 aromatic heterocycles. The van der Waals surface area contributed by atoms with Crippen LogP contribution >= 0.6 is 0 Å². The summed E-state index contributed by atoms with van der Waals surface area (Å²) in [6, 6.07) is 3.72. The van der Waals surface area contributed by atoms with Gasteiger partial charge >= 0.3 is 0 Å². The van der Waals surface area contributed by atoms with E-state index in [2.05, 4.69) is 15.3 Å². The molecular weight excluding hydrogens is 327 g/mol. The summed E-state index contributed by atoms with van der Waals surface area (Å²) in [7, 11) is 0. The fraction of sp³-hybridized carbons (Fsp3) is 0.471. The van der Waals surface area contributed by atoms with E-state index in [1.165, 1.54) is 0 Å². The van der Waals surface area contributed by atoms with Gasteiger partial charge in [0.15, 0.2) is 5.82 Å². The van der Waals surface area contributed by atoms with Crippen molar-refractivity contribution in [3.63, 3.8) is 0 Å². The van der Waals surface area contributed by atoms with Crippen LogP contribution in [0.3, 0.4) is 0 Å². The van der Waals surface area contributed by atoms with Crippen LogP contribution in [0.15, 0.2) is 35.2 Å². The predicted molar refractivity (Wildman–Crippen MR) is 86.1 cm³/mol. The van der Waals surface area contributed by atoms with E-state index >= 15 is 0 Å². The number of furan rings is 1. The number of fused-ring (bicyclic) bond motifs is 1. The van der Waals surface area contributed by atoms with Gasteiger partial charge in [0.2, 0.25) is 11.9 Å². The number of rotatable bonds is 4. The number of hydrogen-bond donors (Lipinski definition) is 1. The third-order valence-corrected chi connectivity index (χ3v) is 4.76. The maximum absolute atomic E-state index is 13.1. The van der Waals surface area contributed by atoms with Crippen LogP contribution in [-0.2, 0) is 16.1 Å². The number of ether oxygens (including phenoxy) is 1. The normalized spacial score (nSPS) is 25.6. The van der Waals surface area contributed by atoms with E-state index in [1.54, 1.807) is 12.3 Å². The van der Waals surface area contributed by atoms with E-state index in [1.807, 2.05) is 11.0 Å². The first-order chi connectivity index (χ1) is 12.2. The molecule has 0 radical (unpaired) electrons. The molecule has 25 heavy (non-hydrogen) atoms. The summed E-state index contributed by atoms with van der Waals surface area (Å²) in [6.07, 6.45) is 5.34. The number of halogens is 1. The van der Waals surface area contributed by atoms with E-state index < -0.39 is 5.82 Å². The van der Waals surface area contributed by atoms with Gasteiger partial charge in [0.25, 0.3) is 0 Å². The van der Waals surface area contributed by atoms with Crippen molar-refractivity contribution in [1.29, 1.82) is 0 Å². The van der Waals surface area contributed by atoms with Crippen LogP contribution in [0.5, 0.6) is 0 Å². The number of amides is 1. The van der Waals surface area contributed by atoms with Crippen molar-refractivity contribution in [3.8, 4) is 0 Å². The Balaban J connectivity index is 1.47. The Hall–Kier alpha value is -2.48. The third-order valence-electron chi connectivity index (χ3n) is 4.76. The third kappa shape index (κ3) is 3.34. The van der Waals surface area contributed by atoms with Crippen molar-refractivity contribution in [2.75, 3.05) is 18.1 Å². The van der Waals surface area contributed by atoms with Gasteiger partial charge < -0.3 is 19.4 Å². The Labute approximate surface area is 144 Å². The first-order valence-electron chi connectivity index (χ1n) is 8.36. The highest BCUT2D eigenvalue weighted by molar-refractivity contribution is 5.79. The molecule has 0 saturated carbocycles. The van der Waals surface area contributed by atoms with E-state index in [-0.39, 0.29) is 24.0 Å². The van der Waals surface area contributed by atoms with Gasteiger partial charge in [-0.05, 0) is 25.0 Å². The minimum Gasteiger partial charge on any atom is -0.467 e. The highest BCUT2D eigenvalue weighted by atomic mass is 19.1. The van der Waals surface area contributed by atoms with Crippen LogP contribution in [0.1, 0.15) is 18.6 Å². The predicted octanol–water partition coefficient (Wildman–Crippen LogP) is 1.51. The van der Waals surface area contributed by atoms with Gasteiger partial charge in [0.1, 0.15) is 5.76 Å². The number of nitrogens with one attached hydrogen (secondary N) is 1. The van der Waals surface area contributed by atoms with Crippen molar-refractivity contribution in [1.82, 2.24) is 15.3 Å². The average molecular weight is 346 g/mol. The number of carbonyl (C=O) groups is 1. The summed E-state index contributed by atoms with van der Waals surface area (Å²) in [4.78, 5) is 22.7. The lowest BCUT2D eigenvalue weighted by molar-refractivity contribution is -0.126. The lowest BCUT2D eigenvalue weighted by Gasteiger charge is -2.40. The zero-order valence-electron chi connectivity index (χ0n) is 13.6. The van der Waals surface area contributed by atoms with Crippen molar-refractivity contribution in [2.45, 2.75) is 31.5 Å². The maximum atomic E-state index is 13.1. The van der Waals surface area contributed by atoms with Crippen molar-refractivity contribution in [2.24, 2.45) is 5.92 Å². The van der Waals surface area contributed by atoms with Crippen LogP contribution < -0.4 is 10.2 Å². The Morgan fingerprint density at radius 3 is 3.00 bits per heavy atom. The molecule has 2 aromatic rings. The van der Waals surface area contributed by atoms with Crippen molar-refractivity contribution < 1.29 is 18.3 Å². The standard InChI is InChI=1S/C17H19FN4O3/c18-12-7-20-17(21-8-12)22-10-11(6-15-14(22)3-5-25-15)16(23)19-9-13-2-1-4-24-13/h1-2,4,7-8,11,14-15H,3,5-6,9-10H2,(H,19,23)/t11-,14-,15-/m1/s1. The molecule has 4 heterocycles. The molecule has 2 fully saturated rings. The summed E-state index contributed by atoms with van der Waals surface area (Å²) in [5, 5.41) is 2.90. The molecule has 4 rings (SSSR count). The van der Waals surface area contributed by atoms with Crippen LogP contribution in [0.25, 0.3) is 0 Å². The molecule has 8 heteroatoms. The Bertz CT molecular complexity index is 722. The molecule has 0 unspecified atom stereocenters. The molecule has 7 nitrogen and oxygen atoms in total. The molecule has 132 valence electrons. The largest absolute Gasteiger partial charge is 0.467 e. The number of anilines is 1. The minimum atomic E-state index is -0.479. The van der Waals surface area contributed by atoms with Crippen molar-refractivity contribution >= 4 is 11.9 Å². The van der Waals surface area contributed by atoms with Gasteiger partial charge in [0.05, 0.1) is 43.3 Å². The second-order valence-electron chi connectivity index (χ2n) is 6.35. The minimum absolute atomic E-state index is 0.0400. The topological polar surface area (TPSA) is 80.5 Å². The van der Waals surface area contributed by atoms with E-state index in [9.17, 15) is 9.18 Å². The monoisotopic (exact) mass is 346 g/mol. The van der Waals surface area contributed by atoms with E-state index in [4.69, 9.17) is 9.15 Å². The Kier molecular flexibility index (Phi) is 4.35. The zero-order valence-corrected chi connectivity index (χ0v) is 13.6. The number of aromatic nitrogens is 2.